The summed E-state index contributed by atoms with van der Waals surface area (Å²) in [6.45, 7) is 0.435. The molecule has 1 atom stereocenters. The average Bonchev–Trinajstić information content (AvgIpc) is 3.32. The van der Waals surface area contributed by atoms with Gasteiger partial charge in [-0.05, 0) is 24.3 Å². The van der Waals surface area contributed by atoms with Gasteiger partial charge in [-0.2, -0.15) is 0 Å². The number of anilines is 1. The van der Waals surface area contributed by atoms with Crippen LogP contribution in [0.2, 0.25) is 0 Å². The van der Waals surface area contributed by atoms with E-state index in [1.54, 1.807) is 36.3 Å². The van der Waals surface area contributed by atoms with E-state index in [1.165, 1.54) is 0 Å². The number of hydrogen-bond acceptors (Lipinski definition) is 6. The summed E-state index contributed by atoms with van der Waals surface area (Å²) < 4.78 is 21.2. The number of hydrogen-bond donors (Lipinski definition) is 1. The molecule has 0 aromatic heterocycles. The number of rotatable bonds is 6. The second kappa shape index (κ2) is 7.67. The first-order valence-corrected chi connectivity index (χ1v) is 8.88. The lowest BCUT2D eigenvalue weighted by Crippen LogP contribution is -2.39. The van der Waals surface area contributed by atoms with E-state index in [-0.39, 0.29) is 37.7 Å². The van der Waals surface area contributed by atoms with Gasteiger partial charge in [0.1, 0.15) is 11.5 Å². The minimum atomic E-state index is -0.289. The highest BCUT2D eigenvalue weighted by Gasteiger charge is 2.31. The van der Waals surface area contributed by atoms with Crippen LogP contribution in [-0.4, -0.2) is 44.9 Å². The first-order valence-electron chi connectivity index (χ1n) is 8.88. The van der Waals surface area contributed by atoms with Crippen LogP contribution in [0.4, 0.5) is 5.69 Å². The molecule has 28 heavy (non-hydrogen) atoms. The Labute approximate surface area is 161 Å². The van der Waals surface area contributed by atoms with Crippen LogP contribution in [0.1, 0.15) is 6.42 Å². The van der Waals surface area contributed by atoms with Gasteiger partial charge >= 0.3 is 0 Å². The summed E-state index contributed by atoms with van der Waals surface area (Å²) in [6.07, 6.45) is 0.243. The first kappa shape index (κ1) is 18.0. The van der Waals surface area contributed by atoms with Crippen molar-refractivity contribution in [3.63, 3.8) is 0 Å². The van der Waals surface area contributed by atoms with Crippen molar-refractivity contribution in [1.29, 1.82) is 0 Å². The molecule has 0 aliphatic carbocycles. The molecule has 1 unspecified atom stereocenters. The Balaban J connectivity index is 1.30. The fourth-order valence-electron chi connectivity index (χ4n) is 3.22. The van der Waals surface area contributed by atoms with Gasteiger partial charge in [-0.3, -0.25) is 9.59 Å². The Kier molecular flexibility index (Phi) is 4.92. The van der Waals surface area contributed by atoms with Gasteiger partial charge in [0.2, 0.25) is 12.7 Å². The van der Waals surface area contributed by atoms with Crippen molar-refractivity contribution in [2.45, 2.75) is 12.5 Å². The molecule has 0 radical (unpaired) electrons. The quantitative estimate of drug-likeness (QED) is 0.816. The number of carbonyl (C=O) groups is 2. The zero-order chi connectivity index (χ0) is 19.5. The number of benzene rings is 2. The molecule has 0 spiro atoms. The van der Waals surface area contributed by atoms with Crippen LogP contribution in [-0.2, 0) is 9.59 Å². The molecule has 2 amide bonds. The van der Waals surface area contributed by atoms with Crippen LogP contribution in [0.5, 0.6) is 23.0 Å². The van der Waals surface area contributed by atoms with Crippen molar-refractivity contribution in [1.82, 2.24) is 5.32 Å². The predicted octanol–water partition coefficient (Wildman–Crippen LogP) is 1.72. The number of nitrogens with zero attached hydrogens (tertiary/aromatic N) is 1. The number of ether oxygens (including phenoxy) is 4. The molecule has 0 saturated carbocycles. The second-order valence-electron chi connectivity index (χ2n) is 6.48. The fourth-order valence-corrected chi connectivity index (χ4v) is 3.22. The highest BCUT2D eigenvalue weighted by atomic mass is 16.7. The Bertz CT molecular complexity index is 900. The number of fused-ring (bicyclic) bond motifs is 1. The molecule has 2 aliphatic rings. The summed E-state index contributed by atoms with van der Waals surface area (Å²) in [7, 11) is 1.58. The van der Waals surface area contributed by atoms with Crippen molar-refractivity contribution >= 4 is 17.5 Å². The molecule has 8 heteroatoms. The molecule has 4 rings (SSSR count). The van der Waals surface area contributed by atoms with Crippen molar-refractivity contribution in [2.75, 3.05) is 32.0 Å². The molecule has 0 bridgehead atoms. The zero-order valence-electron chi connectivity index (χ0n) is 15.3. The van der Waals surface area contributed by atoms with Crippen molar-refractivity contribution in [3.05, 3.63) is 42.5 Å². The minimum Gasteiger partial charge on any atom is -0.497 e. The molecule has 1 N–H and O–H groups in total. The topological polar surface area (TPSA) is 86.3 Å². The van der Waals surface area contributed by atoms with Crippen LogP contribution in [0.15, 0.2) is 42.5 Å². The van der Waals surface area contributed by atoms with Gasteiger partial charge in [-0.1, -0.05) is 6.07 Å². The summed E-state index contributed by atoms with van der Waals surface area (Å²) >= 11 is 0. The van der Waals surface area contributed by atoms with E-state index in [4.69, 9.17) is 18.9 Å². The van der Waals surface area contributed by atoms with Crippen LogP contribution in [0.3, 0.4) is 0 Å². The van der Waals surface area contributed by atoms with E-state index < -0.39 is 0 Å². The Morgan fingerprint density at radius 1 is 1.18 bits per heavy atom. The minimum absolute atomic E-state index is 0.0461. The molecular formula is C20H20N2O6. The number of carbonyl (C=O) groups excluding carboxylic acids is 2. The lowest BCUT2D eigenvalue weighted by atomic mass is 10.2. The van der Waals surface area contributed by atoms with Gasteiger partial charge in [-0.15, -0.1) is 0 Å². The SMILES string of the molecule is COc1cccc(N2CC(NC(=O)COc3ccc4c(c3)OCO4)CC2=O)c1. The van der Waals surface area contributed by atoms with E-state index in [2.05, 4.69) is 5.32 Å². The maximum Gasteiger partial charge on any atom is 0.258 e. The van der Waals surface area contributed by atoms with Crippen LogP contribution >= 0.6 is 0 Å². The predicted molar refractivity (Wildman–Crippen MR) is 100.0 cm³/mol. The highest BCUT2D eigenvalue weighted by molar-refractivity contribution is 5.97. The average molecular weight is 384 g/mol. The van der Waals surface area contributed by atoms with Gasteiger partial charge < -0.3 is 29.2 Å². The first-order chi connectivity index (χ1) is 13.6. The smallest absolute Gasteiger partial charge is 0.258 e. The fraction of sp³-hybridized carbons (Fsp3) is 0.300. The van der Waals surface area contributed by atoms with Gasteiger partial charge in [0.15, 0.2) is 18.1 Å². The molecular weight excluding hydrogens is 364 g/mol. The monoisotopic (exact) mass is 384 g/mol. The van der Waals surface area contributed by atoms with Gasteiger partial charge in [0.05, 0.1) is 13.2 Å². The number of methoxy groups -OCH3 is 1. The van der Waals surface area contributed by atoms with Crippen LogP contribution in [0.25, 0.3) is 0 Å². The molecule has 8 nitrogen and oxygen atoms in total. The van der Waals surface area contributed by atoms with Crippen LogP contribution in [0, 0.1) is 0 Å². The lowest BCUT2D eigenvalue weighted by molar-refractivity contribution is -0.123. The molecule has 2 aliphatic heterocycles. The van der Waals surface area contributed by atoms with E-state index >= 15 is 0 Å². The van der Waals surface area contributed by atoms with E-state index in [9.17, 15) is 9.59 Å². The summed E-state index contributed by atoms with van der Waals surface area (Å²) in [5, 5.41) is 2.85. The molecule has 2 heterocycles. The summed E-state index contributed by atoms with van der Waals surface area (Å²) in [5.74, 6) is 2.10. The third kappa shape index (κ3) is 3.80. The Morgan fingerprint density at radius 3 is 2.89 bits per heavy atom. The maximum absolute atomic E-state index is 12.3. The van der Waals surface area contributed by atoms with Crippen molar-refractivity contribution in [3.8, 4) is 23.0 Å². The summed E-state index contributed by atoms with van der Waals surface area (Å²) in [5.41, 5.74) is 0.748. The Hall–Kier alpha value is -3.42. The molecule has 1 saturated heterocycles. The van der Waals surface area contributed by atoms with E-state index in [1.807, 2.05) is 18.2 Å². The van der Waals surface area contributed by atoms with Gasteiger partial charge in [0, 0.05) is 30.8 Å². The van der Waals surface area contributed by atoms with Crippen molar-refractivity contribution in [2.24, 2.45) is 0 Å². The largest absolute Gasteiger partial charge is 0.497 e. The van der Waals surface area contributed by atoms with Gasteiger partial charge in [0.25, 0.3) is 5.91 Å². The molecule has 1 fully saturated rings. The standard InChI is InChI=1S/C20H20N2O6/c1-25-15-4-2-3-14(8-15)22-10-13(7-20(22)24)21-19(23)11-26-16-5-6-17-18(9-16)28-12-27-17/h2-6,8-9,13H,7,10-12H2,1H3,(H,21,23). The third-order valence-electron chi connectivity index (χ3n) is 4.57. The zero-order valence-corrected chi connectivity index (χ0v) is 15.3. The molecule has 2 aromatic rings. The van der Waals surface area contributed by atoms with E-state index in [0.717, 1.165) is 5.69 Å². The third-order valence-corrected chi connectivity index (χ3v) is 4.57. The summed E-state index contributed by atoms with van der Waals surface area (Å²) in [6, 6.07) is 12.1. The second-order valence-corrected chi connectivity index (χ2v) is 6.48. The van der Waals surface area contributed by atoms with E-state index in [0.29, 0.717) is 29.5 Å². The van der Waals surface area contributed by atoms with Crippen molar-refractivity contribution < 1.29 is 28.5 Å². The van der Waals surface area contributed by atoms with Crippen LogP contribution < -0.4 is 29.2 Å². The maximum atomic E-state index is 12.3. The normalized spacial score (nSPS) is 17.5. The lowest BCUT2D eigenvalue weighted by Gasteiger charge is -2.18. The molecule has 146 valence electrons. The number of nitrogens with one attached hydrogen (secondary N) is 1. The summed E-state index contributed by atoms with van der Waals surface area (Å²) in [4.78, 5) is 26.2. The highest BCUT2D eigenvalue weighted by Crippen LogP contribution is 2.35. The Morgan fingerprint density at radius 2 is 2.04 bits per heavy atom. The molecule has 2 aromatic carbocycles. The van der Waals surface area contributed by atoms with Gasteiger partial charge in [-0.25, -0.2) is 0 Å². The number of amides is 2.